The average molecular weight is 450 g/mol. The monoisotopic (exact) mass is 449 g/mol. The van der Waals surface area contributed by atoms with E-state index in [1.165, 1.54) is 27.8 Å². The highest BCUT2D eigenvalue weighted by atomic mass is 32.1. The Kier molecular flexibility index (Phi) is 5.97. The Labute approximate surface area is 190 Å². The molecular weight excluding hydrogens is 422 g/mol. The first-order valence-electron chi connectivity index (χ1n) is 11.0. The number of amides is 1. The van der Waals surface area contributed by atoms with E-state index in [-0.39, 0.29) is 12.7 Å². The molecule has 0 spiro atoms. The van der Waals surface area contributed by atoms with Crippen LogP contribution in [0.3, 0.4) is 0 Å². The first-order valence-corrected chi connectivity index (χ1v) is 11.8. The summed E-state index contributed by atoms with van der Waals surface area (Å²) in [5.41, 5.74) is 9.12. The molecule has 2 aromatic heterocycles. The molecule has 1 aliphatic rings. The van der Waals surface area contributed by atoms with Crippen molar-refractivity contribution in [2.75, 3.05) is 26.3 Å². The fourth-order valence-electron chi connectivity index (χ4n) is 4.70. The van der Waals surface area contributed by atoms with Crippen LogP contribution in [0, 0.1) is 0 Å². The van der Waals surface area contributed by atoms with Gasteiger partial charge in [-0.3, -0.25) is 9.69 Å². The number of fused-ring (bicyclic) bond motifs is 2. The average Bonchev–Trinajstić information content (AvgIpc) is 3.37. The van der Waals surface area contributed by atoms with Crippen LogP contribution in [0.15, 0.2) is 54.7 Å². The van der Waals surface area contributed by atoms with E-state index >= 15 is 0 Å². The lowest BCUT2D eigenvalue weighted by molar-refractivity contribution is -0.0321. The number of thiophene rings is 1. The van der Waals surface area contributed by atoms with E-state index in [4.69, 9.17) is 10.5 Å². The predicted molar refractivity (Wildman–Crippen MR) is 128 cm³/mol. The number of nitrogens with zero attached hydrogens (tertiary/aromatic N) is 2. The normalized spacial score (nSPS) is 17.3. The minimum Gasteiger partial charge on any atom is -0.396 e. The van der Waals surface area contributed by atoms with Crippen molar-refractivity contribution in [3.63, 3.8) is 0 Å². The van der Waals surface area contributed by atoms with Crippen LogP contribution in [0.1, 0.15) is 33.3 Å². The highest BCUT2D eigenvalue weighted by Crippen LogP contribution is 2.38. The summed E-state index contributed by atoms with van der Waals surface area (Å²) in [4.78, 5) is 15.2. The van der Waals surface area contributed by atoms with Gasteiger partial charge in [0, 0.05) is 60.1 Å². The van der Waals surface area contributed by atoms with Crippen LogP contribution >= 0.6 is 11.3 Å². The molecule has 3 N–H and O–H groups in total. The molecule has 4 aromatic rings. The highest BCUT2D eigenvalue weighted by molar-refractivity contribution is 7.21. The van der Waals surface area contributed by atoms with Gasteiger partial charge in [0.25, 0.3) is 5.91 Å². The molecule has 0 aliphatic carbocycles. The number of nitrogens with two attached hydrogens (primary N) is 1. The molecule has 1 atom stereocenters. The Morgan fingerprint density at radius 1 is 1.16 bits per heavy atom. The minimum atomic E-state index is -0.395. The van der Waals surface area contributed by atoms with Crippen molar-refractivity contribution in [1.82, 2.24) is 9.47 Å². The summed E-state index contributed by atoms with van der Waals surface area (Å²) in [6.45, 7) is 3.93. The van der Waals surface area contributed by atoms with Crippen LogP contribution in [0.4, 0.5) is 0 Å². The van der Waals surface area contributed by atoms with Crippen LogP contribution in [-0.2, 0) is 17.8 Å². The summed E-state index contributed by atoms with van der Waals surface area (Å²) in [5, 5.41) is 11.6. The first kappa shape index (κ1) is 21.2. The molecule has 0 saturated carbocycles. The second kappa shape index (κ2) is 9.03. The van der Waals surface area contributed by atoms with Gasteiger partial charge in [-0.15, -0.1) is 11.3 Å². The standard InChI is InChI=1S/C25H27N3O3S/c26-25(30)24-23(19-7-2-4-9-22(19)32-24)21-16-27(11-13-31-21)14-17-15-28(10-5-12-29)20-8-3-1-6-18(17)20/h1-4,6-9,15,21,29H,5,10-14,16H2,(H2,26,30)/t21-/m0/s1. The number of hydrogen-bond donors (Lipinski definition) is 2. The zero-order valence-electron chi connectivity index (χ0n) is 17.9. The highest BCUT2D eigenvalue weighted by Gasteiger charge is 2.29. The number of hydrogen-bond acceptors (Lipinski definition) is 5. The molecule has 7 heteroatoms. The third-order valence-corrected chi connectivity index (χ3v) is 7.35. The van der Waals surface area contributed by atoms with E-state index in [0.717, 1.165) is 41.7 Å². The molecule has 0 bridgehead atoms. The molecular formula is C25H27N3O3S. The van der Waals surface area contributed by atoms with Gasteiger partial charge < -0.3 is 20.1 Å². The quantitative estimate of drug-likeness (QED) is 0.448. The Hall–Kier alpha value is -2.71. The summed E-state index contributed by atoms with van der Waals surface area (Å²) in [5.74, 6) is -0.395. The van der Waals surface area contributed by atoms with Crippen molar-refractivity contribution < 1.29 is 14.6 Å². The number of benzene rings is 2. The smallest absolute Gasteiger partial charge is 0.259 e. The molecule has 1 fully saturated rings. The Morgan fingerprint density at radius 2 is 1.94 bits per heavy atom. The molecule has 1 saturated heterocycles. The molecule has 3 heterocycles. The fourth-order valence-corrected chi connectivity index (χ4v) is 5.81. The summed E-state index contributed by atoms with van der Waals surface area (Å²) < 4.78 is 9.45. The largest absolute Gasteiger partial charge is 0.396 e. The van der Waals surface area contributed by atoms with Crippen molar-refractivity contribution in [2.45, 2.75) is 25.6 Å². The Bertz CT molecular complexity index is 1260. The molecule has 1 aliphatic heterocycles. The van der Waals surface area contributed by atoms with Crippen molar-refractivity contribution in [2.24, 2.45) is 5.73 Å². The summed E-state index contributed by atoms with van der Waals surface area (Å²) >= 11 is 1.45. The molecule has 2 aromatic carbocycles. The second-order valence-corrected chi connectivity index (χ2v) is 9.29. The molecule has 166 valence electrons. The van der Waals surface area contributed by atoms with Crippen LogP contribution < -0.4 is 5.73 Å². The minimum absolute atomic E-state index is 0.184. The lowest BCUT2D eigenvalue weighted by atomic mass is 10.0. The number of aliphatic hydroxyl groups excluding tert-OH is 1. The van der Waals surface area contributed by atoms with E-state index in [1.807, 2.05) is 24.3 Å². The maximum atomic E-state index is 12.2. The second-order valence-electron chi connectivity index (χ2n) is 8.24. The van der Waals surface area contributed by atoms with Gasteiger partial charge in [-0.2, -0.15) is 0 Å². The number of carbonyl (C=O) groups is 1. The van der Waals surface area contributed by atoms with Gasteiger partial charge in [0.15, 0.2) is 0 Å². The number of carbonyl (C=O) groups excluding carboxylic acids is 1. The number of aryl methyl sites for hydroxylation is 1. The summed E-state index contributed by atoms with van der Waals surface area (Å²) in [7, 11) is 0. The zero-order chi connectivity index (χ0) is 22.1. The van der Waals surface area contributed by atoms with Crippen LogP contribution in [0.25, 0.3) is 21.0 Å². The third kappa shape index (κ3) is 3.93. The van der Waals surface area contributed by atoms with E-state index in [1.54, 1.807) is 0 Å². The van der Waals surface area contributed by atoms with Gasteiger partial charge in [0.05, 0.1) is 17.6 Å². The number of morpholine rings is 1. The maximum Gasteiger partial charge on any atom is 0.259 e. The van der Waals surface area contributed by atoms with E-state index in [0.29, 0.717) is 18.0 Å². The Balaban J connectivity index is 1.43. The lowest BCUT2D eigenvalue weighted by Crippen LogP contribution is -2.38. The number of rotatable bonds is 7. The number of aromatic nitrogens is 1. The van der Waals surface area contributed by atoms with E-state index in [2.05, 4.69) is 39.9 Å². The van der Waals surface area contributed by atoms with Crippen molar-refractivity contribution in [3.8, 4) is 0 Å². The molecule has 0 radical (unpaired) electrons. The Morgan fingerprint density at radius 3 is 2.75 bits per heavy atom. The first-order chi connectivity index (χ1) is 15.7. The topological polar surface area (TPSA) is 80.7 Å². The number of para-hydroxylation sites is 1. The van der Waals surface area contributed by atoms with Gasteiger partial charge in [-0.25, -0.2) is 0 Å². The molecule has 1 amide bonds. The van der Waals surface area contributed by atoms with Crippen LogP contribution in [0.5, 0.6) is 0 Å². The lowest BCUT2D eigenvalue weighted by Gasteiger charge is -2.33. The molecule has 0 unspecified atom stereocenters. The van der Waals surface area contributed by atoms with Gasteiger partial charge in [0.2, 0.25) is 0 Å². The van der Waals surface area contributed by atoms with Gasteiger partial charge in [0.1, 0.15) is 0 Å². The van der Waals surface area contributed by atoms with Gasteiger partial charge in [-0.05, 0) is 29.5 Å². The van der Waals surface area contributed by atoms with Crippen molar-refractivity contribution in [3.05, 3.63) is 70.7 Å². The predicted octanol–water partition coefficient (Wildman–Crippen LogP) is 3.91. The van der Waals surface area contributed by atoms with E-state index in [9.17, 15) is 9.90 Å². The van der Waals surface area contributed by atoms with Crippen molar-refractivity contribution in [1.29, 1.82) is 0 Å². The third-order valence-electron chi connectivity index (χ3n) is 6.15. The van der Waals surface area contributed by atoms with Crippen molar-refractivity contribution >= 4 is 38.2 Å². The zero-order valence-corrected chi connectivity index (χ0v) is 18.7. The maximum absolute atomic E-state index is 12.2. The number of ether oxygens (including phenoxy) is 1. The molecule has 32 heavy (non-hydrogen) atoms. The van der Waals surface area contributed by atoms with Gasteiger partial charge in [-0.1, -0.05) is 36.4 Å². The summed E-state index contributed by atoms with van der Waals surface area (Å²) in [6.07, 6.45) is 2.75. The van der Waals surface area contributed by atoms with Gasteiger partial charge >= 0.3 is 0 Å². The molecule has 6 nitrogen and oxygen atoms in total. The van der Waals surface area contributed by atoms with Crippen LogP contribution in [-0.4, -0.2) is 46.8 Å². The number of aliphatic hydroxyl groups is 1. The summed E-state index contributed by atoms with van der Waals surface area (Å²) in [6, 6.07) is 16.5. The SMILES string of the molecule is NC(=O)c1sc2ccccc2c1[C@@H]1CN(Cc2cn(CCCO)c3ccccc23)CCO1. The van der Waals surface area contributed by atoms with E-state index < -0.39 is 5.91 Å². The number of primary amides is 1. The molecule has 5 rings (SSSR count). The fraction of sp³-hybridized carbons (Fsp3) is 0.320. The van der Waals surface area contributed by atoms with Crippen LogP contribution in [0.2, 0.25) is 0 Å².